The zero-order chi connectivity index (χ0) is 17.1. The number of ether oxygens (including phenoxy) is 1. The van der Waals surface area contributed by atoms with Crippen LogP contribution in [0.1, 0.15) is 37.0 Å². The number of carbonyl (C=O) groups is 2. The first-order valence-electron chi connectivity index (χ1n) is 8.24. The topological polar surface area (TPSA) is 46.6 Å². The lowest BCUT2D eigenvalue weighted by molar-refractivity contribution is -0.131. The van der Waals surface area contributed by atoms with E-state index in [2.05, 4.69) is 6.92 Å². The normalized spacial score (nSPS) is 14.8. The lowest BCUT2D eigenvalue weighted by Crippen LogP contribution is -2.40. The van der Waals surface area contributed by atoms with E-state index in [1.54, 1.807) is 24.3 Å². The largest absolute Gasteiger partial charge is 0.426 e. The van der Waals surface area contributed by atoms with E-state index in [9.17, 15) is 9.59 Å². The molecule has 0 heterocycles. The predicted octanol–water partition coefficient (Wildman–Crippen LogP) is 4.06. The van der Waals surface area contributed by atoms with Crippen molar-refractivity contribution in [1.29, 1.82) is 0 Å². The number of hydrogen-bond donors (Lipinski definition) is 0. The second-order valence-electron chi connectivity index (χ2n) is 6.18. The molecule has 1 atom stereocenters. The van der Waals surface area contributed by atoms with E-state index in [1.165, 1.54) is 6.92 Å². The molecule has 124 valence electrons. The van der Waals surface area contributed by atoms with E-state index in [4.69, 9.17) is 4.74 Å². The van der Waals surface area contributed by atoms with Crippen LogP contribution < -0.4 is 9.64 Å². The highest BCUT2D eigenvalue weighted by molar-refractivity contribution is 6.08. The molecule has 0 saturated heterocycles. The fraction of sp³-hybridized carbons (Fsp3) is 0.300. The maximum absolute atomic E-state index is 13.3. The van der Waals surface area contributed by atoms with Crippen molar-refractivity contribution in [2.75, 3.05) is 4.90 Å². The lowest BCUT2D eigenvalue weighted by Gasteiger charge is -2.30. The first-order valence-corrected chi connectivity index (χ1v) is 8.24. The van der Waals surface area contributed by atoms with Gasteiger partial charge in [-0.25, -0.2) is 0 Å². The molecule has 0 N–H and O–H groups in total. The van der Waals surface area contributed by atoms with Crippen LogP contribution in [0, 0.1) is 5.92 Å². The lowest BCUT2D eigenvalue weighted by atomic mass is 10.1. The molecule has 0 unspecified atom stereocenters. The Hall–Kier alpha value is -2.62. The molecule has 2 aromatic rings. The molecule has 3 rings (SSSR count). The molecular weight excluding hydrogens is 302 g/mol. The number of nitrogens with zero attached hydrogens (tertiary/aromatic N) is 1. The molecule has 0 radical (unpaired) electrons. The molecule has 2 aromatic carbocycles. The third-order valence-electron chi connectivity index (χ3n) is 4.34. The zero-order valence-corrected chi connectivity index (χ0v) is 13.9. The van der Waals surface area contributed by atoms with Gasteiger partial charge in [0, 0.05) is 18.7 Å². The highest BCUT2D eigenvalue weighted by Gasteiger charge is 2.36. The van der Waals surface area contributed by atoms with Crippen LogP contribution in [0.5, 0.6) is 5.75 Å². The number of rotatable bonds is 5. The quantitative estimate of drug-likeness (QED) is 0.616. The van der Waals surface area contributed by atoms with E-state index in [-0.39, 0.29) is 11.9 Å². The van der Waals surface area contributed by atoms with Crippen LogP contribution in [0.15, 0.2) is 54.6 Å². The summed E-state index contributed by atoms with van der Waals surface area (Å²) < 4.78 is 5.22. The number of para-hydroxylation sites is 2. The Morgan fingerprint density at radius 2 is 1.67 bits per heavy atom. The highest BCUT2D eigenvalue weighted by Crippen LogP contribution is 2.38. The van der Waals surface area contributed by atoms with Gasteiger partial charge in [0.05, 0.1) is 5.56 Å². The number of benzene rings is 2. The molecule has 0 spiro atoms. The van der Waals surface area contributed by atoms with E-state index in [1.807, 2.05) is 35.2 Å². The number of anilines is 1. The summed E-state index contributed by atoms with van der Waals surface area (Å²) in [6, 6.07) is 16.6. The molecule has 1 saturated carbocycles. The first-order chi connectivity index (χ1) is 11.6. The van der Waals surface area contributed by atoms with Crippen LogP contribution in [0.25, 0.3) is 0 Å². The Kier molecular flexibility index (Phi) is 4.65. The Labute approximate surface area is 142 Å². The smallest absolute Gasteiger partial charge is 0.308 e. The van der Waals surface area contributed by atoms with Crippen molar-refractivity contribution in [2.45, 2.75) is 32.7 Å². The van der Waals surface area contributed by atoms with Crippen molar-refractivity contribution in [3.63, 3.8) is 0 Å². The average molecular weight is 323 g/mol. The van der Waals surface area contributed by atoms with Crippen molar-refractivity contribution < 1.29 is 14.3 Å². The summed E-state index contributed by atoms with van der Waals surface area (Å²) in [6.07, 6.45) is 2.28. The molecular formula is C20H21NO3. The zero-order valence-electron chi connectivity index (χ0n) is 13.9. The maximum atomic E-state index is 13.3. The third-order valence-corrected chi connectivity index (χ3v) is 4.34. The van der Waals surface area contributed by atoms with Crippen molar-refractivity contribution >= 4 is 17.6 Å². The van der Waals surface area contributed by atoms with E-state index < -0.39 is 5.97 Å². The molecule has 1 fully saturated rings. The molecule has 0 bridgehead atoms. The van der Waals surface area contributed by atoms with Crippen LogP contribution in [0.3, 0.4) is 0 Å². The average Bonchev–Trinajstić information content (AvgIpc) is 3.41. The molecule has 1 amide bonds. The minimum absolute atomic E-state index is 0.102. The SMILES string of the molecule is CC(=O)Oc1ccccc1C(=O)N(c1ccccc1)[C@H](C)C1CC1. The second kappa shape index (κ2) is 6.87. The maximum Gasteiger partial charge on any atom is 0.308 e. The van der Waals surface area contributed by atoms with Gasteiger partial charge in [-0.05, 0) is 49.9 Å². The summed E-state index contributed by atoms with van der Waals surface area (Å²) >= 11 is 0. The van der Waals surface area contributed by atoms with Crippen LogP contribution in [0.2, 0.25) is 0 Å². The van der Waals surface area contributed by atoms with Gasteiger partial charge >= 0.3 is 5.97 Å². The van der Waals surface area contributed by atoms with Gasteiger partial charge in [-0.2, -0.15) is 0 Å². The Bertz CT molecular complexity index is 738. The number of hydrogen-bond acceptors (Lipinski definition) is 3. The summed E-state index contributed by atoms with van der Waals surface area (Å²) in [6.45, 7) is 3.42. The molecule has 4 heteroatoms. The standard InChI is InChI=1S/C20H21NO3/c1-14(16-12-13-16)21(17-8-4-3-5-9-17)20(23)18-10-6-7-11-19(18)24-15(2)22/h3-11,14,16H,12-13H2,1-2H3/t14-/m1/s1. The molecule has 4 nitrogen and oxygen atoms in total. The highest BCUT2D eigenvalue weighted by atomic mass is 16.5. The van der Waals surface area contributed by atoms with Crippen molar-refractivity contribution in [2.24, 2.45) is 5.92 Å². The van der Waals surface area contributed by atoms with Gasteiger partial charge in [0.25, 0.3) is 5.91 Å². The van der Waals surface area contributed by atoms with Gasteiger partial charge in [0.2, 0.25) is 0 Å². The molecule has 1 aliphatic rings. The van der Waals surface area contributed by atoms with Crippen molar-refractivity contribution in [3.05, 3.63) is 60.2 Å². The minimum Gasteiger partial charge on any atom is -0.426 e. The number of esters is 1. The second-order valence-corrected chi connectivity index (χ2v) is 6.18. The van der Waals surface area contributed by atoms with E-state index in [0.29, 0.717) is 17.2 Å². The fourth-order valence-electron chi connectivity index (χ4n) is 2.93. The van der Waals surface area contributed by atoms with Gasteiger partial charge in [0.15, 0.2) is 0 Å². The minimum atomic E-state index is -0.434. The summed E-state index contributed by atoms with van der Waals surface area (Å²) in [7, 11) is 0. The first kappa shape index (κ1) is 16.2. The summed E-state index contributed by atoms with van der Waals surface area (Å²) in [5, 5.41) is 0. The number of carbonyl (C=O) groups excluding carboxylic acids is 2. The molecule has 0 aliphatic heterocycles. The van der Waals surface area contributed by atoms with Crippen LogP contribution >= 0.6 is 0 Å². The predicted molar refractivity (Wildman–Crippen MR) is 93.2 cm³/mol. The van der Waals surface area contributed by atoms with Crippen molar-refractivity contribution in [3.8, 4) is 5.75 Å². The van der Waals surface area contributed by atoms with Gasteiger partial charge < -0.3 is 9.64 Å². The van der Waals surface area contributed by atoms with Crippen LogP contribution in [-0.2, 0) is 4.79 Å². The Morgan fingerprint density at radius 1 is 1.04 bits per heavy atom. The molecule has 0 aromatic heterocycles. The Balaban J connectivity index is 1.99. The Morgan fingerprint density at radius 3 is 2.29 bits per heavy atom. The van der Waals surface area contributed by atoms with Crippen LogP contribution in [0.4, 0.5) is 5.69 Å². The molecule has 24 heavy (non-hydrogen) atoms. The van der Waals surface area contributed by atoms with Crippen molar-refractivity contribution in [1.82, 2.24) is 0 Å². The molecule has 1 aliphatic carbocycles. The fourth-order valence-corrected chi connectivity index (χ4v) is 2.93. The summed E-state index contributed by atoms with van der Waals surface area (Å²) in [5.74, 6) is 0.253. The van der Waals surface area contributed by atoms with Crippen LogP contribution in [-0.4, -0.2) is 17.9 Å². The monoisotopic (exact) mass is 323 g/mol. The van der Waals surface area contributed by atoms with Gasteiger partial charge in [-0.15, -0.1) is 0 Å². The van der Waals surface area contributed by atoms with Gasteiger partial charge in [-0.1, -0.05) is 30.3 Å². The summed E-state index contributed by atoms with van der Waals surface area (Å²) in [5.41, 5.74) is 1.27. The third kappa shape index (κ3) is 3.48. The summed E-state index contributed by atoms with van der Waals surface area (Å²) in [4.78, 5) is 26.4. The van der Waals surface area contributed by atoms with E-state index in [0.717, 1.165) is 18.5 Å². The van der Waals surface area contributed by atoms with Gasteiger partial charge in [-0.3, -0.25) is 9.59 Å². The van der Waals surface area contributed by atoms with Gasteiger partial charge in [0.1, 0.15) is 5.75 Å². The van der Waals surface area contributed by atoms with E-state index >= 15 is 0 Å². The number of amides is 1.